The van der Waals surface area contributed by atoms with E-state index in [1.165, 1.54) is 0 Å². The summed E-state index contributed by atoms with van der Waals surface area (Å²) >= 11 is 3.41. The number of benzene rings is 1. The van der Waals surface area contributed by atoms with Crippen LogP contribution in [0.3, 0.4) is 0 Å². The Hall–Kier alpha value is -1.22. The van der Waals surface area contributed by atoms with Gasteiger partial charge in [0.25, 0.3) is 0 Å². The summed E-state index contributed by atoms with van der Waals surface area (Å²) in [5.41, 5.74) is 0. The highest BCUT2D eigenvalue weighted by Gasteiger charge is 1.97. The normalized spacial score (nSPS) is 10.3. The van der Waals surface area contributed by atoms with E-state index in [2.05, 4.69) is 15.9 Å². The molecule has 0 amide bonds. The van der Waals surface area contributed by atoms with Gasteiger partial charge in [0, 0.05) is 10.9 Å². The van der Waals surface area contributed by atoms with Crippen LogP contribution in [0.1, 0.15) is 12.2 Å². The molecule has 2 rings (SSSR count). The maximum absolute atomic E-state index is 5.61. The van der Waals surface area contributed by atoms with E-state index < -0.39 is 0 Å². The highest BCUT2D eigenvalue weighted by Crippen LogP contribution is 2.18. The number of ether oxygens (including phenoxy) is 1. The molecule has 0 atom stereocenters. The molecule has 0 radical (unpaired) electrons. The van der Waals surface area contributed by atoms with Crippen molar-refractivity contribution in [2.45, 2.75) is 12.8 Å². The molecule has 16 heavy (non-hydrogen) atoms. The summed E-state index contributed by atoms with van der Waals surface area (Å²) in [4.78, 5) is 0. The summed E-state index contributed by atoms with van der Waals surface area (Å²) in [5, 5.41) is 0. The average Bonchev–Trinajstić information content (AvgIpc) is 2.77. The van der Waals surface area contributed by atoms with Gasteiger partial charge in [-0.1, -0.05) is 22.0 Å². The van der Waals surface area contributed by atoms with E-state index in [-0.39, 0.29) is 0 Å². The lowest BCUT2D eigenvalue weighted by atomic mass is 10.2. The number of hydrogen-bond donors (Lipinski definition) is 0. The second-order valence-corrected chi connectivity index (χ2v) is 4.40. The van der Waals surface area contributed by atoms with E-state index in [9.17, 15) is 0 Å². The Morgan fingerprint density at radius 2 is 2.12 bits per heavy atom. The number of rotatable bonds is 5. The maximum Gasteiger partial charge on any atom is 0.120 e. The number of furan rings is 1. The summed E-state index contributed by atoms with van der Waals surface area (Å²) in [5.74, 6) is 1.91. The van der Waals surface area contributed by atoms with Crippen molar-refractivity contribution in [2.75, 3.05) is 6.61 Å². The molecule has 0 fully saturated rings. The van der Waals surface area contributed by atoms with Crippen molar-refractivity contribution in [1.29, 1.82) is 0 Å². The zero-order valence-corrected chi connectivity index (χ0v) is 10.4. The van der Waals surface area contributed by atoms with E-state index in [0.717, 1.165) is 28.8 Å². The maximum atomic E-state index is 5.61. The van der Waals surface area contributed by atoms with E-state index in [1.807, 2.05) is 36.4 Å². The van der Waals surface area contributed by atoms with Gasteiger partial charge >= 0.3 is 0 Å². The number of hydrogen-bond acceptors (Lipinski definition) is 2. The predicted molar refractivity (Wildman–Crippen MR) is 66.7 cm³/mol. The second kappa shape index (κ2) is 5.75. The molecule has 0 bridgehead atoms. The SMILES string of the molecule is Brc1cccc(OCCCc2ccco2)c1. The third-order valence-corrected chi connectivity index (χ3v) is 2.71. The van der Waals surface area contributed by atoms with Crippen molar-refractivity contribution < 1.29 is 9.15 Å². The van der Waals surface area contributed by atoms with Crippen molar-refractivity contribution >= 4 is 15.9 Å². The van der Waals surface area contributed by atoms with Gasteiger partial charge in [0.15, 0.2) is 0 Å². The van der Waals surface area contributed by atoms with Gasteiger partial charge in [-0.05, 0) is 36.8 Å². The minimum atomic E-state index is 0.706. The van der Waals surface area contributed by atoms with Gasteiger partial charge in [-0.3, -0.25) is 0 Å². The van der Waals surface area contributed by atoms with Crippen LogP contribution in [0, 0.1) is 0 Å². The first-order valence-electron chi connectivity index (χ1n) is 5.25. The van der Waals surface area contributed by atoms with Crippen LogP contribution < -0.4 is 4.74 Å². The first-order chi connectivity index (χ1) is 7.84. The van der Waals surface area contributed by atoms with Crippen molar-refractivity contribution in [1.82, 2.24) is 0 Å². The molecule has 3 heteroatoms. The molecule has 0 saturated carbocycles. The fourth-order valence-electron chi connectivity index (χ4n) is 1.45. The van der Waals surface area contributed by atoms with E-state index in [1.54, 1.807) is 6.26 Å². The van der Waals surface area contributed by atoms with E-state index >= 15 is 0 Å². The lowest BCUT2D eigenvalue weighted by Gasteiger charge is -2.05. The van der Waals surface area contributed by atoms with Gasteiger partial charge in [0.1, 0.15) is 11.5 Å². The Labute approximate surface area is 103 Å². The molecule has 1 aromatic heterocycles. The highest BCUT2D eigenvalue weighted by atomic mass is 79.9. The van der Waals surface area contributed by atoms with Gasteiger partial charge in [-0.15, -0.1) is 0 Å². The summed E-state index contributed by atoms with van der Waals surface area (Å²) in [6.45, 7) is 0.706. The smallest absolute Gasteiger partial charge is 0.120 e. The van der Waals surface area contributed by atoms with E-state index in [0.29, 0.717) is 6.61 Å². The van der Waals surface area contributed by atoms with Crippen LogP contribution in [0.15, 0.2) is 51.6 Å². The van der Waals surface area contributed by atoms with E-state index in [4.69, 9.17) is 9.15 Å². The summed E-state index contributed by atoms with van der Waals surface area (Å²) < 4.78 is 11.9. The topological polar surface area (TPSA) is 22.4 Å². The zero-order chi connectivity index (χ0) is 11.2. The first kappa shape index (κ1) is 11.3. The lowest BCUT2D eigenvalue weighted by Crippen LogP contribution is -1.98. The van der Waals surface area contributed by atoms with Gasteiger partial charge < -0.3 is 9.15 Å². The van der Waals surface area contributed by atoms with Gasteiger partial charge in [0.2, 0.25) is 0 Å². The molecule has 2 nitrogen and oxygen atoms in total. The summed E-state index contributed by atoms with van der Waals surface area (Å²) in [7, 11) is 0. The molecule has 0 aliphatic rings. The standard InChI is InChI=1S/C13H13BrO2/c14-11-4-1-5-13(10-11)16-9-3-7-12-6-2-8-15-12/h1-2,4-6,8,10H,3,7,9H2. The minimum absolute atomic E-state index is 0.706. The number of halogens is 1. The van der Waals surface area contributed by atoms with Crippen molar-refractivity contribution in [2.24, 2.45) is 0 Å². The molecule has 0 aliphatic heterocycles. The molecule has 84 valence electrons. The molecule has 0 spiro atoms. The molecule has 0 aliphatic carbocycles. The minimum Gasteiger partial charge on any atom is -0.494 e. The predicted octanol–water partition coefficient (Wildman–Crippen LogP) is 4.05. The van der Waals surface area contributed by atoms with Gasteiger partial charge in [-0.25, -0.2) is 0 Å². The van der Waals surface area contributed by atoms with Gasteiger partial charge in [0.05, 0.1) is 12.9 Å². The quantitative estimate of drug-likeness (QED) is 0.771. The Bertz CT molecular complexity index is 423. The Morgan fingerprint density at radius 1 is 1.19 bits per heavy atom. The van der Waals surface area contributed by atoms with Crippen LogP contribution in [0.2, 0.25) is 0 Å². The Morgan fingerprint density at radius 3 is 2.88 bits per heavy atom. The van der Waals surface area contributed by atoms with Crippen LogP contribution in [-0.2, 0) is 6.42 Å². The average molecular weight is 281 g/mol. The van der Waals surface area contributed by atoms with Crippen LogP contribution >= 0.6 is 15.9 Å². The fourth-order valence-corrected chi connectivity index (χ4v) is 1.83. The Balaban J connectivity index is 1.72. The van der Waals surface area contributed by atoms with Crippen LogP contribution in [0.4, 0.5) is 0 Å². The van der Waals surface area contributed by atoms with Crippen molar-refractivity contribution in [3.63, 3.8) is 0 Å². The lowest BCUT2D eigenvalue weighted by molar-refractivity contribution is 0.306. The third kappa shape index (κ3) is 3.42. The third-order valence-electron chi connectivity index (χ3n) is 2.21. The molecule has 2 aromatic rings. The zero-order valence-electron chi connectivity index (χ0n) is 8.86. The fraction of sp³-hybridized carbons (Fsp3) is 0.231. The van der Waals surface area contributed by atoms with Crippen LogP contribution in [0.5, 0.6) is 5.75 Å². The van der Waals surface area contributed by atoms with Crippen LogP contribution in [0.25, 0.3) is 0 Å². The molecular formula is C13H13BrO2. The van der Waals surface area contributed by atoms with Crippen LogP contribution in [-0.4, -0.2) is 6.61 Å². The molecular weight excluding hydrogens is 268 g/mol. The largest absolute Gasteiger partial charge is 0.494 e. The molecule has 0 N–H and O–H groups in total. The van der Waals surface area contributed by atoms with Gasteiger partial charge in [-0.2, -0.15) is 0 Å². The summed E-state index contributed by atoms with van der Waals surface area (Å²) in [6.07, 6.45) is 3.57. The van der Waals surface area contributed by atoms with Crippen molar-refractivity contribution in [3.05, 3.63) is 52.9 Å². The highest BCUT2D eigenvalue weighted by molar-refractivity contribution is 9.10. The first-order valence-corrected chi connectivity index (χ1v) is 6.04. The molecule has 1 heterocycles. The number of aryl methyl sites for hydroxylation is 1. The summed E-state index contributed by atoms with van der Waals surface area (Å²) in [6, 6.07) is 11.8. The van der Waals surface area contributed by atoms with Crippen molar-refractivity contribution in [3.8, 4) is 5.75 Å². The molecule has 0 saturated heterocycles. The Kier molecular flexibility index (Phi) is 4.05. The molecule has 1 aromatic carbocycles. The molecule has 0 unspecified atom stereocenters. The second-order valence-electron chi connectivity index (χ2n) is 3.49. The monoisotopic (exact) mass is 280 g/mol.